The predicted molar refractivity (Wildman–Crippen MR) is 44.3 cm³/mol. The van der Waals surface area contributed by atoms with Crippen LogP contribution in [0.1, 0.15) is 6.92 Å². The fourth-order valence-corrected chi connectivity index (χ4v) is 0.528. The topological polar surface area (TPSA) is 88.2 Å². The van der Waals surface area contributed by atoms with Crippen molar-refractivity contribution in [1.82, 2.24) is 0 Å². The third kappa shape index (κ3) is 3.06. The predicted octanol–water partition coefficient (Wildman–Crippen LogP) is 0.243. The molecule has 0 aliphatic heterocycles. The number of hydrogen-bond acceptors (Lipinski definition) is 2. The molecule has 0 unspecified atom stereocenters. The van der Waals surface area contributed by atoms with Crippen molar-refractivity contribution >= 4 is 5.96 Å². The van der Waals surface area contributed by atoms with Gasteiger partial charge in [-0.1, -0.05) is 6.58 Å². The number of allylic oxidation sites excluding steroid dienone is 3. The van der Waals surface area contributed by atoms with Crippen molar-refractivity contribution in [1.29, 1.82) is 5.26 Å². The largest absolute Gasteiger partial charge is 0.370 e. The molecule has 11 heavy (non-hydrogen) atoms. The lowest BCUT2D eigenvalue weighted by molar-refractivity contribution is 1.24. The molecular formula is C7H10N4. The van der Waals surface area contributed by atoms with Crippen LogP contribution < -0.4 is 11.5 Å². The summed E-state index contributed by atoms with van der Waals surface area (Å²) in [6.45, 7) is 5.07. The maximum Gasteiger partial charge on any atom is 0.190 e. The number of hydrogen-bond donors (Lipinski definition) is 2. The molecule has 0 radical (unpaired) electrons. The summed E-state index contributed by atoms with van der Waals surface area (Å²) >= 11 is 0. The highest BCUT2D eigenvalue weighted by molar-refractivity contribution is 5.77. The molecule has 0 aromatic heterocycles. The Bertz CT molecular complexity index is 250. The molecule has 0 atom stereocenters. The first-order valence-electron chi connectivity index (χ1n) is 2.95. The molecule has 0 aliphatic carbocycles. The number of rotatable bonds is 2. The van der Waals surface area contributed by atoms with Crippen LogP contribution in [0.4, 0.5) is 0 Å². The van der Waals surface area contributed by atoms with E-state index in [9.17, 15) is 0 Å². The van der Waals surface area contributed by atoms with Crippen LogP contribution in [-0.2, 0) is 0 Å². The SMILES string of the molecule is C=C/C(C#N)=C(/C)N=C(N)N. The van der Waals surface area contributed by atoms with Gasteiger partial charge in [0, 0.05) is 0 Å². The first-order valence-corrected chi connectivity index (χ1v) is 2.95. The first-order chi connectivity index (χ1) is 5.11. The molecule has 0 heterocycles. The molecule has 4 heteroatoms. The Balaban J connectivity index is 4.81. The zero-order valence-corrected chi connectivity index (χ0v) is 6.33. The van der Waals surface area contributed by atoms with Gasteiger partial charge in [0.25, 0.3) is 0 Å². The van der Waals surface area contributed by atoms with E-state index >= 15 is 0 Å². The second-order valence-corrected chi connectivity index (χ2v) is 1.85. The van der Waals surface area contributed by atoms with Crippen molar-refractivity contribution in [3.8, 4) is 6.07 Å². The van der Waals surface area contributed by atoms with Gasteiger partial charge in [-0.2, -0.15) is 5.26 Å². The molecule has 0 fully saturated rings. The molecule has 0 bridgehead atoms. The van der Waals surface area contributed by atoms with E-state index in [0.29, 0.717) is 11.3 Å². The molecule has 0 aliphatic rings. The Morgan fingerprint density at radius 1 is 1.64 bits per heavy atom. The van der Waals surface area contributed by atoms with Gasteiger partial charge in [-0.15, -0.1) is 0 Å². The lowest BCUT2D eigenvalue weighted by Crippen LogP contribution is -2.22. The fourth-order valence-electron chi connectivity index (χ4n) is 0.528. The number of aliphatic imine (C=N–C) groups is 1. The van der Waals surface area contributed by atoms with E-state index in [4.69, 9.17) is 16.7 Å². The highest BCUT2D eigenvalue weighted by atomic mass is 15.0. The normalized spacial score (nSPS) is 10.9. The lowest BCUT2D eigenvalue weighted by Gasteiger charge is -1.94. The molecule has 4 nitrogen and oxygen atoms in total. The summed E-state index contributed by atoms with van der Waals surface area (Å²) in [5.41, 5.74) is 11.0. The van der Waals surface area contributed by atoms with Crippen LogP contribution >= 0.6 is 0 Å². The average Bonchev–Trinajstić information content (AvgIpc) is 1.88. The Labute approximate surface area is 65.5 Å². The summed E-state index contributed by atoms with van der Waals surface area (Å²) in [4.78, 5) is 3.68. The van der Waals surface area contributed by atoms with Gasteiger partial charge in [0.15, 0.2) is 5.96 Å². The third-order valence-electron chi connectivity index (χ3n) is 1.01. The Morgan fingerprint density at radius 2 is 2.18 bits per heavy atom. The molecule has 0 saturated heterocycles. The monoisotopic (exact) mass is 150 g/mol. The van der Waals surface area contributed by atoms with Gasteiger partial charge < -0.3 is 11.5 Å². The summed E-state index contributed by atoms with van der Waals surface area (Å²) in [6.07, 6.45) is 1.40. The maximum atomic E-state index is 8.48. The standard InChI is InChI=1S/C7H10N4/c1-3-6(4-8)5(2)11-7(9)10/h3H,1H2,2H3,(H4,9,10,11)/b6-5+. The van der Waals surface area contributed by atoms with Crippen molar-refractivity contribution in [2.75, 3.05) is 0 Å². The minimum Gasteiger partial charge on any atom is -0.370 e. The van der Waals surface area contributed by atoms with Crippen molar-refractivity contribution in [2.45, 2.75) is 6.92 Å². The summed E-state index contributed by atoms with van der Waals surface area (Å²) in [6, 6.07) is 1.90. The molecule has 0 rings (SSSR count). The van der Waals surface area contributed by atoms with Crippen molar-refractivity contribution in [2.24, 2.45) is 16.5 Å². The van der Waals surface area contributed by atoms with Crippen LogP contribution in [0.5, 0.6) is 0 Å². The Kier molecular flexibility index (Phi) is 3.46. The molecule has 4 N–H and O–H groups in total. The fraction of sp³-hybridized carbons (Fsp3) is 0.143. The van der Waals surface area contributed by atoms with Crippen LogP contribution in [0.25, 0.3) is 0 Å². The van der Waals surface area contributed by atoms with Crippen molar-refractivity contribution < 1.29 is 0 Å². The van der Waals surface area contributed by atoms with Crippen molar-refractivity contribution in [3.05, 3.63) is 23.9 Å². The zero-order valence-electron chi connectivity index (χ0n) is 6.33. The van der Waals surface area contributed by atoms with Gasteiger partial charge in [-0.3, -0.25) is 0 Å². The van der Waals surface area contributed by atoms with Crippen LogP contribution in [0.2, 0.25) is 0 Å². The summed E-state index contributed by atoms with van der Waals surface area (Å²) in [5, 5.41) is 8.48. The molecule has 0 aromatic carbocycles. The quantitative estimate of drug-likeness (QED) is 0.256. The molecule has 0 amide bonds. The summed E-state index contributed by atoms with van der Waals surface area (Å²) in [5.74, 6) is -0.0582. The highest BCUT2D eigenvalue weighted by Crippen LogP contribution is 2.03. The second-order valence-electron chi connectivity index (χ2n) is 1.85. The number of nitriles is 1. The molecule has 0 spiro atoms. The van der Waals surface area contributed by atoms with E-state index in [2.05, 4.69) is 11.6 Å². The average molecular weight is 150 g/mol. The van der Waals surface area contributed by atoms with Gasteiger partial charge in [-0.05, 0) is 13.0 Å². The van der Waals surface area contributed by atoms with E-state index in [1.54, 1.807) is 6.92 Å². The number of nitrogens with two attached hydrogens (primary N) is 2. The molecule has 58 valence electrons. The van der Waals surface area contributed by atoms with Gasteiger partial charge in [-0.25, -0.2) is 4.99 Å². The van der Waals surface area contributed by atoms with Gasteiger partial charge in [0.1, 0.15) is 6.07 Å². The third-order valence-corrected chi connectivity index (χ3v) is 1.01. The smallest absolute Gasteiger partial charge is 0.190 e. The molecular weight excluding hydrogens is 140 g/mol. The number of guanidine groups is 1. The number of nitrogens with zero attached hydrogens (tertiary/aromatic N) is 2. The zero-order chi connectivity index (χ0) is 8.85. The minimum atomic E-state index is -0.0582. The maximum absolute atomic E-state index is 8.48. The van der Waals surface area contributed by atoms with E-state index in [-0.39, 0.29) is 5.96 Å². The van der Waals surface area contributed by atoms with Crippen LogP contribution in [0, 0.1) is 11.3 Å². The van der Waals surface area contributed by atoms with E-state index in [1.165, 1.54) is 6.08 Å². The molecule has 0 saturated carbocycles. The van der Waals surface area contributed by atoms with Crippen LogP contribution in [-0.4, -0.2) is 5.96 Å². The Morgan fingerprint density at radius 3 is 2.45 bits per heavy atom. The Hall–Kier alpha value is -1.76. The van der Waals surface area contributed by atoms with E-state index in [0.717, 1.165) is 0 Å². The van der Waals surface area contributed by atoms with E-state index in [1.807, 2.05) is 6.07 Å². The summed E-state index contributed by atoms with van der Waals surface area (Å²) < 4.78 is 0. The van der Waals surface area contributed by atoms with Gasteiger partial charge in [0.05, 0.1) is 11.3 Å². The summed E-state index contributed by atoms with van der Waals surface area (Å²) in [7, 11) is 0. The van der Waals surface area contributed by atoms with Gasteiger partial charge >= 0.3 is 0 Å². The van der Waals surface area contributed by atoms with Crippen LogP contribution in [0.15, 0.2) is 28.9 Å². The highest BCUT2D eigenvalue weighted by Gasteiger charge is 1.94. The first kappa shape index (κ1) is 9.24. The second kappa shape index (κ2) is 4.12. The van der Waals surface area contributed by atoms with E-state index < -0.39 is 0 Å². The van der Waals surface area contributed by atoms with Gasteiger partial charge in [0.2, 0.25) is 0 Å². The minimum absolute atomic E-state index is 0.0582. The lowest BCUT2D eigenvalue weighted by atomic mass is 10.2. The van der Waals surface area contributed by atoms with Crippen molar-refractivity contribution in [3.63, 3.8) is 0 Å². The van der Waals surface area contributed by atoms with Crippen LogP contribution in [0.3, 0.4) is 0 Å². The molecule has 0 aromatic rings.